The van der Waals surface area contributed by atoms with Crippen LogP contribution >= 0.6 is 0 Å². The lowest BCUT2D eigenvalue weighted by Gasteiger charge is -2.10. The largest absolute Gasteiger partial charge is 0.482 e. The molecule has 0 aliphatic rings. The Bertz CT molecular complexity index is 895. The Morgan fingerprint density at radius 1 is 1.00 bits per heavy atom. The second-order valence-electron chi connectivity index (χ2n) is 5.16. The summed E-state index contributed by atoms with van der Waals surface area (Å²) in [4.78, 5) is 35.0. The van der Waals surface area contributed by atoms with Crippen LogP contribution in [-0.4, -0.2) is 30.9 Å². The molecule has 0 aliphatic carbocycles. The minimum absolute atomic E-state index is 0.195. The zero-order valence-electron chi connectivity index (χ0n) is 14.0. The van der Waals surface area contributed by atoms with Crippen LogP contribution in [-0.2, 0) is 9.59 Å². The Hall–Kier alpha value is -3.93. The molecule has 0 saturated heterocycles. The Morgan fingerprint density at radius 3 is 2.41 bits per heavy atom. The number of benzene rings is 2. The molecule has 0 saturated carbocycles. The van der Waals surface area contributed by atoms with E-state index in [4.69, 9.17) is 10.00 Å². The number of rotatable bonds is 6. The first kappa shape index (κ1) is 19.4. The van der Waals surface area contributed by atoms with Crippen LogP contribution in [0.4, 0.5) is 4.39 Å². The summed E-state index contributed by atoms with van der Waals surface area (Å²) in [6, 6.07) is 13.6. The second-order valence-corrected chi connectivity index (χ2v) is 5.16. The van der Waals surface area contributed by atoms with Crippen molar-refractivity contribution in [2.24, 2.45) is 0 Å². The monoisotopic (exact) mass is 370 g/mol. The molecular weight excluding hydrogens is 355 g/mol. The summed E-state index contributed by atoms with van der Waals surface area (Å²) in [6.07, 6.45) is 0. The predicted molar refractivity (Wildman–Crippen MR) is 91.7 cm³/mol. The topological polar surface area (TPSA) is 120 Å². The number of hydrogen-bond donors (Lipinski definition) is 3. The smallest absolute Gasteiger partial charge is 0.276 e. The van der Waals surface area contributed by atoms with Gasteiger partial charge in [0.2, 0.25) is 0 Å². The highest BCUT2D eigenvalue weighted by Crippen LogP contribution is 2.16. The van der Waals surface area contributed by atoms with E-state index in [9.17, 15) is 18.8 Å². The van der Waals surface area contributed by atoms with E-state index >= 15 is 0 Å². The molecule has 0 heterocycles. The van der Waals surface area contributed by atoms with E-state index in [2.05, 4.69) is 16.2 Å². The SMILES string of the molecule is N#Cc1ccccc1OCC(=O)NNC(=O)CNC(=O)c1ccccc1F. The van der Waals surface area contributed by atoms with Crippen LogP contribution < -0.4 is 20.9 Å². The van der Waals surface area contributed by atoms with Gasteiger partial charge in [-0.15, -0.1) is 0 Å². The first-order chi connectivity index (χ1) is 13.0. The molecule has 2 aromatic carbocycles. The molecule has 2 aromatic rings. The molecule has 0 atom stereocenters. The van der Waals surface area contributed by atoms with Crippen molar-refractivity contribution in [3.8, 4) is 11.8 Å². The summed E-state index contributed by atoms with van der Waals surface area (Å²) in [5.41, 5.74) is 4.24. The second kappa shape index (κ2) is 9.53. The predicted octanol–water partition coefficient (Wildman–Crippen LogP) is 0.654. The third-order valence-electron chi connectivity index (χ3n) is 3.24. The van der Waals surface area contributed by atoms with Gasteiger partial charge in [-0.2, -0.15) is 5.26 Å². The van der Waals surface area contributed by atoms with Crippen LogP contribution in [0, 0.1) is 17.1 Å². The molecule has 0 aliphatic heterocycles. The number of halogens is 1. The molecule has 0 aromatic heterocycles. The van der Waals surface area contributed by atoms with Crippen LogP contribution in [0.2, 0.25) is 0 Å². The van der Waals surface area contributed by atoms with E-state index in [1.54, 1.807) is 12.1 Å². The van der Waals surface area contributed by atoms with Gasteiger partial charge in [-0.05, 0) is 24.3 Å². The molecular formula is C18H15FN4O4. The summed E-state index contributed by atoms with van der Waals surface area (Å²) in [5, 5.41) is 11.1. The minimum atomic E-state index is -0.758. The van der Waals surface area contributed by atoms with Crippen LogP contribution in [0.15, 0.2) is 48.5 Å². The zero-order valence-corrected chi connectivity index (χ0v) is 14.0. The Labute approximate surface area is 153 Å². The number of nitrogens with one attached hydrogen (secondary N) is 3. The number of amides is 3. The van der Waals surface area contributed by atoms with Gasteiger partial charge in [0.25, 0.3) is 17.7 Å². The number of hydrazine groups is 1. The lowest BCUT2D eigenvalue weighted by Crippen LogP contribution is -2.47. The van der Waals surface area contributed by atoms with Crippen molar-refractivity contribution in [3.05, 3.63) is 65.5 Å². The fraction of sp³-hybridized carbons (Fsp3) is 0.111. The van der Waals surface area contributed by atoms with E-state index in [0.29, 0.717) is 0 Å². The number of carbonyl (C=O) groups is 3. The molecule has 3 amide bonds. The molecule has 3 N–H and O–H groups in total. The van der Waals surface area contributed by atoms with Gasteiger partial charge in [-0.3, -0.25) is 25.2 Å². The molecule has 138 valence electrons. The average Bonchev–Trinajstić information content (AvgIpc) is 2.69. The number of hydrogen-bond acceptors (Lipinski definition) is 5. The maximum absolute atomic E-state index is 13.4. The van der Waals surface area contributed by atoms with E-state index in [1.165, 1.54) is 30.3 Å². The zero-order chi connectivity index (χ0) is 19.6. The molecule has 9 heteroatoms. The highest BCUT2D eigenvalue weighted by molar-refractivity contribution is 5.96. The van der Waals surface area contributed by atoms with Crippen molar-refractivity contribution in [1.29, 1.82) is 5.26 Å². The number of ether oxygens (including phenoxy) is 1. The molecule has 27 heavy (non-hydrogen) atoms. The van der Waals surface area contributed by atoms with Crippen molar-refractivity contribution in [1.82, 2.24) is 16.2 Å². The van der Waals surface area contributed by atoms with Gasteiger partial charge < -0.3 is 10.1 Å². The van der Waals surface area contributed by atoms with Crippen molar-refractivity contribution in [2.45, 2.75) is 0 Å². The van der Waals surface area contributed by atoms with Crippen LogP contribution in [0.3, 0.4) is 0 Å². The number of carbonyl (C=O) groups excluding carboxylic acids is 3. The Morgan fingerprint density at radius 2 is 1.67 bits per heavy atom. The number of nitrogens with zero attached hydrogens (tertiary/aromatic N) is 1. The first-order valence-electron chi connectivity index (χ1n) is 7.73. The first-order valence-corrected chi connectivity index (χ1v) is 7.73. The van der Waals surface area contributed by atoms with Gasteiger partial charge in [-0.1, -0.05) is 24.3 Å². The van der Waals surface area contributed by atoms with Crippen molar-refractivity contribution in [2.75, 3.05) is 13.2 Å². The van der Waals surface area contributed by atoms with Gasteiger partial charge in [0.1, 0.15) is 17.6 Å². The highest BCUT2D eigenvalue weighted by Gasteiger charge is 2.12. The van der Waals surface area contributed by atoms with Gasteiger partial charge in [0, 0.05) is 0 Å². The van der Waals surface area contributed by atoms with Crippen molar-refractivity contribution in [3.63, 3.8) is 0 Å². The van der Waals surface area contributed by atoms with Gasteiger partial charge in [-0.25, -0.2) is 4.39 Å². The molecule has 0 radical (unpaired) electrons. The summed E-state index contributed by atoms with van der Waals surface area (Å²) >= 11 is 0. The fourth-order valence-corrected chi connectivity index (χ4v) is 1.95. The molecule has 0 bridgehead atoms. The van der Waals surface area contributed by atoms with Crippen LogP contribution in [0.5, 0.6) is 5.75 Å². The molecule has 0 fully saturated rings. The Kier molecular flexibility index (Phi) is 6.84. The minimum Gasteiger partial charge on any atom is -0.482 e. The average molecular weight is 370 g/mol. The summed E-state index contributed by atoms with van der Waals surface area (Å²) in [5.74, 6) is -2.62. The molecule has 2 rings (SSSR count). The standard InChI is InChI=1S/C18H15FN4O4/c19-14-7-3-2-6-13(14)18(26)21-10-16(24)22-23-17(25)11-27-15-8-4-1-5-12(15)9-20/h1-8H,10-11H2,(H,21,26)(H,22,24)(H,23,25). The number of para-hydroxylation sites is 1. The fourth-order valence-electron chi connectivity index (χ4n) is 1.95. The van der Waals surface area contributed by atoms with Crippen molar-refractivity contribution < 1.29 is 23.5 Å². The molecule has 0 unspecified atom stereocenters. The van der Waals surface area contributed by atoms with Gasteiger partial charge in [0.05, 0.1) is 17.7 Å². The summed E-state index contributed by atoms with van der Waals surface area (Å²) in [6.45, 7) is -0.897. The van der Waals surface area contributed by atoms with Gasteiger partial charge >= 0.3 is 0 Å². The van der Waals surface area contributed by atoms with E-state index in [1.807, 2.05) is 6.07 Å². The number of nitriles is 1. The third-order valence-corrected chi connectivity index (χ3v) is 3.24. The maximum Gasteiger partial charge on any atom is 0.276 e. The molecule has 8 nitrogen and oxygen atoms in total. The highest BCUT2D eigenvalue weighted by atomic mass is 19.1. The maximum atomic E-state index is 13.4. The van der Waals surface area contributed by atoms with Crippen LogP contribution in [0.1, 0.15) is 15.9 Å². The van der Waals surface area contributed by atoms with Crippen LogP contribution in [0.25, 0.3) is 0 Å². The van der Waals surface area contributed by atoms with Crippen molar-refractivity contribution >= 4 is 17.7 Å². The Balaban J connectivity index is 1.72. The summed E-state index contributed by atoms with van der Waals surface area (Å²) < 4.78 is 18.6. The van der Waals surface area contributed by atoms with E-state index in [0.717, 1.165) is 6.07 Å². The quantitative estimate of drug-likeness (QED) is 0.645. The molecule has 0 spiro atoms. The van der Waals surface area contributed by atoms with Gasteiger partial charge in [0.15, 0.2) is 6.61 Å². The lowest BCUT2D eigenvalue weighted by atomic mass is 10.2. The summed E-state index contributed by atoms with van der Waals surface area (Å²) in [7, 11) is 0. The third kappa shape index (κ3) is 5.82. The van der Waals surface area contributed by atoms with E-state index in [-0.39, 0.29) is 16.9 Å². The van der Waals surface area contributed by atoms with E-state index < -0.39 is 36.7 Å². The lowest BCUT2D eigenvalue weighted by molar-refractivity contribution is -0.129. The normalized spacial score (nSPS) is 9.63.